The molecule has 3 N–H and O–H groups in total. The Morgan fingerprint density at radius 2 is 2.05 bits per heavy atom. The molecule has 1 aromatic heterocycles. The Labute approximate surface area is 119 Å². The Morgan fingerprint density at radius 1 is 1.30 bits per heavy atom. The standard InChI is InChI=1S/C15H21N3O2/c1-3-20-12-6-4-11(5-7-12)14-10-17-15(18-14)13(16)8-9-19-2/h4-7,10,13H,3,8-9,16H2,1-2H3,(H,17,18). The summed E-state index contributed by atoms with van der Waals surface area (Å²) in [6.45, 7) is 3.26. The number of nitrogens with two attached hydrogens (primary N) is 1. The van der Waals surface area contributed by atoms with Crippen LogP contribution in [0.2, 0.25) is 0 Å². The van der Waals surface area contributed by atoms with E-state index in [-0.39, 0.29) is 6.04 Å². The van der Waals surface area contributed by atoms with Gasteiger partial charge >= 0.3 is 0 Å². The quantitative estimate of drug-likeness (QED) is 0.814. The van der Waals surface area contributed by atoms with Gasteiger partial charge in [-0.25, -0.2) is 4.98 Å². The smallest absolute Gasteiger partial charge is 0.123 e. The summed E-state index contributed by atoms with van der Waals surface area (Å²) in [4.78, 5) is 7.59. The van der Waals surface area contributed by atoms with Gasteiger partial charge in [0.05, 0.1) is 24.5 Å². The van der Waals surface area contributed by atoms with Crippen molar-refractivity contribution >= 4 is 0 Å². The second kappa shape index (κ2) is 7.07. The zero-order valence-corrected chi connectivity index (χ0v) is 11.9. The lowest BCUT2D eigenvalue weighted by molar-refractivity contribution is 0.187. The average molecular weight is 275 g/mol. The predicted octanol–water partition coefficient (Wildman–Crippen LogP) is 2.51. The van der Waals surface area contributed by atoms with E-state index in [4.69, 9.17) is 15.2 Å². The predicted molar refractivity (Wildman–Crippen MR) is 78.6 cm³/mol. The van der Waals surface area contributed by atoms with E-state index in [1.165, 1.54) is 0 Å². The number of rotatable bonds is 7. The molecule has 5 heteroatoms. The van der Waals surface area contributed by atoms with Crippen molar-refractivity contribution in [1.82, 2.24) is 9.97 Å². The molecule has 5 nitrogen and oxygen atoms in total. The molecule has 108 valence electrons. The highest BCUT2D eigenvalue weighted by Crippen LogP contribution is 2.22. The summed E-state index contributed by atoms with van der Waals surface area (Å²) in [6.07, 6.45) is 2.55. The maximum atomic E-state index is 6.04. The van der Waals surface area contributed by atoms with Gasteiger partial charge in [0.15, 0.2) is 0 Å². The number of benzene rings is 1. The number of methoxy groups -OCH3 is 1. The summed E-state index contributed by atoms with van der Waals surface area (Å²) in [5, 5.41) is 0. The van der Waals surface area contributed by atoms with Crippen LogP contribution in [-0.2, 0) is 4.74 Å². The van der Waals surface area contributed by atoms with Gasteiger partial charge in [-0.1, -0.05) is 0 Å². The maximum Gasteiger partial charge on any atom is 0.123 e. The highest BCUT2D eigenvalue weighted by molar-refractivity contribution is 5.59. The number of ether oxygens (including phenoxy) is 2. The number of nitrogens with zero attached hydrogens (tertiary/aromatic N) is 1. The van der Waals surface area contributed by atoms with Crippen LogP contribution in [-0.4, -0.2) is 30.3 Å². The summed E-state index contributed by atoms with van der Waals surface area (Å²) in [6, 6.07) is 7.77. The van der Waals surface area contributed by atoms with Crippen molar-refractivity contribution in [2.24, 2.45) is 5.73 Å². The third kappa shape index (κ3) is 3.59. The lowest BCUT2D eigenvalue weighted by atomic mass is 10.1. The summed E-state index contributed by atoms with van der Waals surface area (Å²) in [5.74, 6) is 1.65. The summed E-state index contributed by atoms with van der Waals surface area (Å²) >= 11 is 0. The van der Waals surface area contributed by atoms with Gasteiger partial charge in [-0.3, -0.25) is 0 Å². The van der Waals surface area contributed by atoms with Crippen LogP contribution in [0.4, 0.5) is 0 Å². The van der Waals surface area contributed by atoms with Gasteiger partial charge in [0.2, 0.25) is 0 Å². The molecule has 0 spiro atoms. The van der Waals surface area contributed by atoms with Crippen LogP contribution in [0.1, 0.15) is 25.2 Å². The van der Waals surface area contributed by atoms with E-state index in [1.54, 1.807) is 13.3 Å². The van der Waals surface area contributed by atoms with Crippen molar-refractivity contribution in [3.63, 3.8) is 0 Å². The van der Waals surface area contributed by atoms with Gasteiger partial charge < -0.3 is 20.2 Å². The first kappa shape index (κ1) is 14.6. The Kier molecular flexibility index (Phi) is 5.15. The normalized spacial score (nSPS) is 12.3. The number of hydrogen-bond acceptors (Lipinski definition) is 4. The minimum absolute atomic E-state index is 0.133. The summed E-state index contributed by atoms with van der Waals surface area (Å²) in [5.41, 5.74) is 8.06. The van der Waals surface area contributed by atoms with Gasteiger partial charge in [-0.2, -0.15) is 0 Å². The lowest BCUT2D eigenvalue weighted by Gasteiger charge is -2.07. The Morgan fingerprint density at radius 3 is 2.70 bits per heavy atom. The summed E-state index contributed by atoms with van der Waals surface area (Å²) in [7, 11) is 1.67. The highest BCUT2D eigenvalue weighted by Gasteiger charge is 2.10. The minimum atomic E-state index is -0.133. The number of nitrogens with one attached hydrogen (secondary N) is 1. The highest BCUT2D eigenvalue weighted by atomic mass is 16.5. The molecule has 0 amide bonds. The molecule has 2 rings (SSSR count). The van der Waals surface area contributed by atoms with E-state index in [0.29, 0.717) is 13.2 Å². The van der Waals surface area contributed by atoms with Crippen LogP contribution in [0.3, 0.4) is 0 Å². The van der Waals surface area contributed by atoms with Crippen molar-refractivity contribution in [2.45, 2.75) is 19.4 Å². The fraction of sp³-hybridized carbons (Fsp3) is 0.400. The molecule has 1 heterocycles. The Hall–Kier alpha value is -1.85. The first-order chi connectivity index (χ1) is 9.74. The molecule has 0 aliphatic rings. The average Bonchev–Trinajstić information content (AvgIpc) is 2.96. The maximum absolute atomic E-state index is 6.04. The van der Waals surface area contributed by atoms with Crippen molar-refractivity contribution < 1.29 is 9.47 Å². The monoisotopic (exact) mass is 275 g/mol. The minimum Gasteiger partial charge on any atom is -0.494 e. The molecule has 1 unspecified atom stereocenters. The molecule has 0 aliphatic heterocycles. The molecule has 0 fully saturated rings. The Bertz CT molecular complexity index is 522. The number of aromatic amines is 1. The SMILES string of the molecule is CCOc1ccc(-c2cnc(C(N)CCOC)[nH]2)cc1. The molecule has 20 heavy (non-hydrogen) atoms. The molecular formula is C15H21N3O2. The van der Waals surface area contributed by atoms with E-state index in [9.17, 15) is 0 Å². The van der Waals surface area contributed by atoms with E-state index in [0.717, 1.165) is 29.3 Å². The molecular weight excluding hydrogens is 254 g/mol. The van der Waals surface area contributed by atoms with E-state index >= 15 is 0 Å². The first-order valence-corrected chi connectivity index (χ1v) is 6.77. The second-order valence-corrected chi connectivity index (χ2v) is 4.53. The number of aromatic nitrogens is 2. The van der Waals surface area contributed by atoms with Crippen molar-refractivity contribution in [3.05, 3.63) is 36.3 Å². The number of imidazole rings is 1. The van der Waals surface area contributed by atoms with Crippen LogP contribution in [0.25, 0.3) is 11.3 Å². The van der Waals surface area contributed by atoms with Gasteiger partial charge in [-0.15, -0.1) is 0 Å². The Balaban J connectivity index is 2.07. The van der Waals surface area contributed by atoms with Crippen molar-refractivity contribution in [2.75, 3.05) is 20.3 Å². The van der Waals surface area contributed by atoms with Gasteiger partial charge in [0, 0.05) is 13.7 Å². The molecule has 1 aromatic carbocycles. The van der Waals surface area contributed by atoms with Crippen molar-refractivity contribution in [1.29, 1.82) is 0 Å². The molecule has 0 aliphatic carbocycles. The molecule has 2 aromatic rings. The zero-order valence-electron chi connectivity index (χ0n) is 11.9. The number of hydrogen-bond donors (Lipinski definition) is 2. The van der Waals surface area contributed by atoms with Gasteiger partial charge in [0.25, 0.3) is 0 Å². The third-order valence-electron chi connectivity index (χ3n) is 3.06. The van der Waals surface area contributed by atoms with Gasteiger partial charge in [-0.05, 0) is 43.2 Å². The second-order valence-electron chi connectivity index (χ2n) is 4.53. The van der Waals surface area contributed by atoms with Crippen LogP contribution < -0.4 is 10.5 Å². The molecule has 0 bridgehead atoms. The van der Waals surface area contributed by atoms with E-state index in [2.05, 4.69) is 9.97 Å². The van der Waals surface area contributed by atoms with Crippen LogP contribution in [0.15, 0.2) is 30.5 Å². The molecule has 0 radical (unpaired) electrons. The third-order valence-corrected chi connectivity index (χ3v) is 3.06. The van der Waals surface area contributed by atoms with Crippen LogP contribution in [0.5, 0.6) is 5.75 Å². The van der Waals surface area contributed by atoms with E-state index in [1.807, 2.05) is 31.2 Å². The molecule has 0 saturated heterocycles. The van der Waals surface area contributed by atoms with E-state index < -0.39 is 0 Å². The van der Waals surface area contributed by atoms with Gasteiger partial charge in [0.1, 0.15) is 11.6 Å². The molecule has 0 saturated carbocycles. The fourth-order valence-corrected chi connectivity index (χ4v) is 1.95. The first-order valence-electron chi connectivity index (χ1n) is 6.77. The van der Waals surface area contributed by atoms with Crippen molar-refractivity contribution in [3.8, 4) is 17.0 Å². The topological polar surface area (TPSA) is 73.2 Å². The largest absolute Gasteiger partial charge is 0.494 e. The fourth-order valence-electron chi connectivity index (χ4n) is 1.95. The van der Waals surface area contributed by atoms with Crippen LogP contribution in [0, 0.1) is 0 Å². The zero-order chi connectivity index (χ0) is 14.4. The lowest BCUT2D eigenvalue weighted by Crippen LogP contribution is -2.14. The molecule has 1 atom stereocenters. The summed E-state index contributed by atoms with van der Waals surface area (Å²) < 4.78 is 10.5. The number of H-pyrrole nitrogens is 1. The van der Waals surface area contributed by atoms with Crippen LogP contribution >= 0.6 is 0 Å².